The molecule has 0 aliphatic heterocycles. The van der Waals surface area contributed by atoms with Crippen LogP contribution in [0.4, 0.5) is 0 Å². The molecule has 1 unspecified atom stereocenters. The van der Waals surface area contributed by atoms with Gasteiger partial charge in [-0.15, -0.1) is 0 Å². The van der Waals surface area contributed by atoms with Crippen LogP contribution >= 0.6 is 7.82 Å². The lowest BCUT2D eigenvalue weighted by atomic mass is 10.1. The first-order chi connectivity index (χ1) is 24.7. The highest BCUT2D eigenvalue weighted by Gasteiger charge is 2.22. The second-order valence-electron chi connectivity index (χ2n) is 13.1. The van der Waals surface area contributed by atoms with Gasteiger partial charge >= 0.3 is 19.8 Å². The second-order valence-corrected chi connectivity index (χ2v) is 14.3. The van der Waals surface area contributed by atoms with E-state index in [1.807, 2.05) is 24.3 Å². The Balaban J connectivity index is 4.04. The van der Waals surface area contributed by atoms with Gasteiger partial charge in [-0.05, 0) is 70.6 Å². The van der Waals surface area contributed by atoms with Gasteiger partial charge < -0.3 is 24.4 Å². The molecule has 0 heterocycles. The zero-order valence-corrected chi connectivity index (χ0v) is 32.7. The third kappa shape index (κ3) is 38.8. The maximum Gasteiger partial charge on any atom is 0.469 e. The number of rotatable bonds is 35. The molecule has 10 heteroatoms. The minimum Gasteiger partial charge on any atom is -0.462 e. The van der Waals surface area contributed by atoms with Gasteiger partial charge in [0.15, 0.2) is 6.10 Å². The maximum atomic E-state index is 12.4. The van der Waals surface area contributed by atoms with Crippen molar-refractivity contribution in [3.8, 4) is 0 Å². The topological polar surface area (TPSA) is 140 Å². The smallest absolute Gasteiger partial charge is 0.462 e. The lowest BCUT2D eigenvalue weighted by Crippen LogP contribution is -2.29. The van der Waals surface area contributed by atoms with Crippen LogP contribution < -0.4 is 0 Å². The van der Waals surface area contributed by atoms with E-state index >= 15 is 0 Å². The Morgan fingerprint density at radius 3 is 1.76 bits per heavy atom. The van der Waals surface area contributed by atoms with Gasteiger partial charge in [-0.2, -0.15) is 0 Å². The van der Waals surface area contributed by atoms with E-state index in [2.05, 4.69) is 48.8 Å². The number of esters is 2. The lowest BCUT2D eigenvalue weighted by molar-refractivity contribution is -0.161. The van der Waals surface area contributed by atoms with Crippen LogP contribution in [0.15, 0.2) is 60.8 Å². The molecule has 0 spiro atoms. The normalized spacial score (nSPS) is 13.7. The van der Waals surface area contributed by atoms with Crippen molar-refractivity contribution in [2.24, 2.45) is 0 Å². The summed E-state index contributed by atoms with van der Waals surface area (Å²) in [6, 6.07) is 0. The quantitative estimate of drug-likeness (QED) is 0.0190. The van der Waals surface area contributed by atoms with Gasteiger partial charge in [0.25, 0.3) is 0 Å². The Morgan fingerprint density at radius 1 is 0.627 bits per heavy atom. The Hall–Kier alpha value is -2.29. The molecule has 0 radical (unpaired) electrons. The summed E-state index contributed by atoms with van der Waals surface area (Å²) in [6.07, 6.45) is 41.2. The molecule has 0 aromatic rings. The fourth-order valence-corrected chi connectivity index (χ4v) is 5.50. The SMILES string of the molecule is CC/C=C/CC(O)/C=C/C=C/CCCCCCCC(=O)OC[C@H](COP(=O)(O)O)OC(=O)CCCCCCCCC/C=C\C/C=C\CCCCC. The van der Waals surface area contributed by atoms with Crippen molar-refractivity contribution in [2.75, 3.05) is 13.2 Å². The molecule has 0 rings (SSSR count). The number of hydrogen-bond acceptors (Lipinski definition) is 7. The molecule has 0 aromatic heterocycles. The van der Waals surface area contributed by atoms with Crippen molar-refractivity contribution in [3.63, 3.8) is 0 Å². The first-order valence-corrected chi connectivity index (χ1v) is 21.2. The Kier molecular flexibility index (Phi) is 34.5. The highest BCUT2D eigenvalue weighted by molar-refractivity contribution is 7.46. The zero-order valence-electron chi connectivity index (χ0n) is 31.8. The summed E-state index contributed by atoms with van der Waals surface area (Å²) >= 11 is 0. The largest absolute Gasteiger partial charge is 0.469 e. The summed E-state index contributed by atoms with van der Waals surface area (Å²) in [5.41, 5.74) is 0. The molecular formula is C41H71O9P. The fourth-order valence-electron chi connectivity index (χ4n) is 5.14. The van der Waals surface area contributed by atoms with Crippen LogP contribution in [0.1, 0.15) is 162 Å². The third-order valence-electron chi connectivity index (χ3n) is 8.10. The lowest BCUT2D eigenvalue weighted by Gasteiger charge is -2.18. The number of allylic oxidation sites excluding steroid dienone is 8. The number of hydrogen-bond donors (Lipinski definition) is 3. The molecule has 0 aromatic carbocycles. The highest BCUT2D eigenvalue weighted by Crippen LogP contribution is 2.36. The number of aliphatic hydroxyl groups is 1. The fraction of sp³-hybridized carbons (Fsp3) is 0.707. The highest BCUT2D eigenvalue weighted by atomic mass is 31.2. The number of phosphoric acid groups is 1. The minimum atomic E-state index is -4.77. The molecule has 0 fully saturated rings. The molecule has 0 aliphatic carbocycles. The van der Waals surface area contributed by atoms with Crippen molar-refractivity contribution >= 4 is 19.8 Å². The molecule has 0 amide bonds. The van der Waals surface area contributed by atoms with Crippen molar-refractivity contribution in [2.45, 2.75) is 174 Å². The number of aliphatic hydroxyl groups excluding tert-OH is 1. The average Bonchev–Trinajstić information content (AvgIpc) is 3.09. The predicted octanol–water partition coefficient (Wildman–Crippen LogP) is 10.7. The van der Waals surface area contributed by atoms with Crippen molar-refractivity contribution in [1.82, 2.24) is 0 Å². The van der Waals surface area contributed by atoms with Gasteiger partial charge in [0.1, 0.15) is 6.61 Å². The van der Waals surface area contributed by atoms with E-state index in [4.69, 9.17) is 19.3 Å². The summed E-state index contributed by atoms with van der Waals surface area (Å²) < 4.78 is 26.3. The zero-order chi connectivity index (χ0) is 37.7. The van der Waals surface area contributed by atoms with Crippen LogP contribution in [0.25, 0.3) is 0 Å². The molecule has 0 saturated heterocycles. The Morgan fingerprint density at radius 2 is 1.18 bits per heavy atom. The monoisotopic (exact) mass is 738 g/mol. The van der Waals surface area contributed by atoms with Gasteiger partial charge in [0.2, 0.25) is 0 Å². The number of phosphoric ester groups is 1. The van der Waals surface area contributed by atoms with Crippen molar-refractivity contribution < 1.29 is 43.0 Å². The molecule has 0 saturated carbocycles. The number of unbranched alkanes of at least 4 members (excludes halogenated alkanes) is 15. The maximum absolute atomic E-state index is 12.4. The van der Waals surface area contributed by atoms with Gasteiger partial charge in [-0.3, -0.25) is 14.1 Å². The minimum absolute atomic E-state index is 0.185. The molecule has 9 nitrogen and oxygen atoms in total. The van der Waals surface area contributed by atoms with E-state index in [-0.39, 0.29) is 19.4 Å². The molecule has 3 N–H and O–H groups in total. The molecule has 294 valence electrons. The number of carbonyl (C=O) groups is 2. The Labute approximate surface area is 309 Å². The van der Waals surface area contributed by atoms with E-state index < -0.39 is 38.6 Å². The van der Waals surface area contributed by atoms with Crippen molar-refractivity contribution in [1.29, 1.82) is 0 Å². The van der Waals surface area contributed by atoms with Crippen LogP contribution in [-0.4, -0.2) is 52.3 Å². The Bertz CT molecular complexity index is 1030. The summed E-state index contributed by atoms with van der Waals surface area (Å²) in [4.78, 5) is 42.8. The van der Waals surface area contributed by atoms with E-state index in [0.29, 0.717) is 19.3 Å². The predicted molar refractivity (Wildman–Crippen MR) is 208 cm³/mol. The molecule has 51 heavy (non-hydrogen) atoms. The van der Waals surface area contributed by atoms with Gasteiger partial charge in [0.05, 0.1) is 12.7 Å². The first-order valence-electron chi connectivity index (χ1n) is 19.7. The number of ether oxygens (including phenoxy) is 2. The summed E-state index contributed by atoms with van der Waals surface area (Å²) in [5, 5.41) is 9.83. The van der Waals surface area contributed by atoms with E-state index in [1.165, 1.54) is 44.9 Å². The van der Waals surface area contributed by atoms with Gasteiger partial charge in [-0.1, -0.05) is 139 Å². The molecule has 2 atom stereocenters. The van der Waals surface area contributed by atoms with E-state index in [0.717, 1.165) is 70.6 Å². The van der Waals surface area contributed by atoms with Crippen LogP contribution in [0, 0.1) is 0 Å². The molecule has 0 aliphatic rings. The van der Waals surface area contributed by atoms with Crippen LogP contribution in [-0.2, 0) is 28.2 Å². The summed E-state index contributed by atoms with van der Waals surface area (Å²) in [5.74, 6) is -0.952. The standard InChI is InChI=1S/C41H71O9P/c1-3-5-7-8-9-10-11-12-13-14-15-16-17-20-24-27-31-35-41(44)50-39(37-49-51(45,46)47)36-48-40(43)34-30-26-23-21-18-19-22-25-29-33-38(42)32-28-6-4-2/h6,9-10,12-13,22,25,28-29,33,38-39,42H,3-5,7-8,11,14-21,23-24,26-27,30-32,34-37H2,1-2H3,(H2,45,46,47)/b10-9-,13-12-,25-22+,28-6+,33-29+/t38?,39-/m1/s1. The van der Waals surface area contributed by atoms with Crippen molar-refractivity contribution in [3.05, 3.63) is 60.8 Å². The van der Waals surface area contributed by atoms with Gasteiger partial charge in [-0.25, -0.2) is 4.57 Å². The molecule has 0 bridgehead atoms. The second kappa shape index (κ2) is 36.1. The molecular weight excluding hydrogens is 667 g/mol. The summed E-state index contributed by atoms with van der Waals surface area (Å²) in [6.45, 7) is 3.41. The summed E-state index contributed by atoms with van der Waals surface area (Å²) in [7, 11) is -4.77. The number of carbonyl (C=O) groups excluding carboxylic acids is 2. The van der Waals surface area contributed by atoms with E-state index in [1.54, 1.807) is 6.08 Å². The van der Waals surface area contributed by atoms with Crippen LogP contribution in [0.3, 0.4) is 0 Å². The first kappa shape index (κ1) is 48.7. The average molecular weight is 739 g/mol. The van der Waals surface area contributed by atoms with Gasteiger partial charge in [0, 0.05) is 12.8 Å². The van der Waals surface area contributed by atoms with Crippen LogP contribution in [0.2, 0.25) is 0 Å². The van der Waals surface area contributed by atoms with E-state index in [9.17, 15) is 19.3 Å². The third-order valence-corrected chi connectivity index (χ3v) is 8.59. The van der Waals surface area contributed by atoms with Crippen LogP contribution in [0.5, 0.6) is 0 Å².